The normalized spacial score (nSPS) is 12.5. The van der Waals surface area contributed by atoms with E-state index in [9.17, 15) is 18.5 Å². The molecule has 3 rings (SSSR count). The van der Waals surface area contributed by atoms with Crippen LogP contribution in [0.25, 0.3) is 0 Å². The highest BCUT2D eigenvalue weighted by Crippen LogP contribution is 2.41. The van der Waals surface area contributed by atoms with Gasteiger partial charge < -0.3 is 0 Å². The summed E-state index contributed by atoms with van der Waals surface area (Å²) in [5.74, 6) is 0. The van der Waals surface area contributed by atoms with Crippen LogP contribution in [-0.2, 0) is 10.0 Å². The highest BCUT2D eigenvalue weighted by atomic mass is 32.3. The van der Waals surface area contributed by atoms with E-state index in [4.69, 9.17) is 0 Å². The number of sulfonamides is 1. The fourth-order valence-corrected chi connectivity index (χ4v) is 5.82. The van der Waals surface area contributed by atoms with Crippen LogP contribution < -0.4 is 0 Å². The molecule has 0 fully saturated rings. The summed E-state index contributed by atoms with van der Waals surface area (Å²) in [7, 11) is -4.02. The summed E-state index contributed by atoms with van der Waals surface area (Å²) < 4.78 is 28.3. The lowest BCUT2D eigenvalue weighted by molar-refractivity contribution is -0.387. The van der Waals surface area contributed by atoms with Gasteiger partial charge in [0.2, 0.25) is 0 Å². The first-order valence-corrected chi connectivity index (χ1v) is 11.3. The van der Waals surface area contributed by atoms with E-state index < -0.39 is 21.0 Å². The number of nitrogens with zero attached hydrogens (tertiary/aromatic N) is 2. The summed E-state index contributed by atoms with van der Waals surface area (Å²) in [5, 5.41) is 11.5. The quantitative estimate of drug-likeness (QED) is 0.199. The molecule has 30 heavy (non-hydrogen) atoms. The van der Waals surface area contributed by atoms with Crippen molar-refractivity contribution >= 4 is 27.7 Å². The molecular formula is C22H20N2O4S2. The van der Waals surface area contributed by atoms with Crippen LogP contribution in [-0.4, -0.2) is 17.1 Å². The van der Waals surface area contributed by atoms with E-state index in [1.54, 1.807) is 48.5 Å². The molecule has 0 aromatic heterocycles. The first kappa shape index (κ1) is 21.8. The van der Waals surface area contributed by atoms with Crippen molar-refractivity contribution in [3.63, 3.8) is 0 Å². The summed E-state index contributed by atoms with van der Waals surface area (Å²) in [4.78, 5) is 11.3. The van der Waals surface area contributed by atoms with Crippen LogP contribution in [0.5, 0.6) is 0 Å². The standard InChI is InChI=1S/C22H20N2O4S2/c1-3-20(18-9-5-4-6-10-18)24(29-22-12-8-7-11-21(22)23(25)26)30(27,28)19-15-13-17(2)14-16-19/h3-16,20H,1H2,2H3. The number of rotatable bonds is 8. The summed E-state index contributed by atoms with van der Waals surface area (Å²) >= 11 is 0.810. The maximum atomic E-state index is 13.6. The third kappa shape index (κ3) is 4.62. The first-order chi connectivity index (χ1) is 14.3. The van der Waals surface area contributed by atoms with E-state index in [1.165, 1.54) is 34.1 Å². The fraction of sp³-hybridized carbons (Fsp3) is 0.0909. The van der Waals surface area contributed by atoms with Crippen LogP contribution in [0.3, 0.4) is 0 Å². The van der Waals surface area contributed by atoms with Gasteiger partial charge in [0.05, 0.1) is 15.9 Å². The van der Waals surface area contributed by atoms with Crippen molar-refractivity contribution < 1.29 is 13.3 Å². The maximum Gasteiger partial charge on any atom is 0.284 e. The van der Waals surface area contributed by atoms with Crippen molar-refractivity contribution in [3.8, 4) is 0 Å². The van der Waals surface area contributed by atoms with Crippen LogP contribution in [0.1, 0.15) is 17.2 Å². The van der Waals surface area contributed by atoms with E-state index in [0.717, 1.165) is 17.5 Å². The average Bonchev–Trinajstić information content (AvgIpc) is 2.75. The molecule has 0 saturated heterocycles. The molecule has 6 nitrogen and oxygen atoms in total. The number of para-hydroxylation sites is 1. The Bertz CT molecular complexity index is 1150. The van der Waals surface area contributed by atoms with Gasteiger partial charge in [-0.1, -0.05) is 66.2 Å². The minimum atomic E-state index is -4.02. The van der Waals surface area contributed by atoms with Crippen molar-refractivity contribution in [1.29, 1.82) is 0 Å². The zero-order valence-electron chi connectivity index (χ0n) is 16.2. The molecule has 0 heterocycles. The van der Waals surface area contributed by atoms with Crippen molar-refractivity contribution in [2.75, 3.05) is 0 Å². The first-order valence-electron chi connectivity index (χ1n) is 9.04. The molecule has 0 spiro atoms. The molecule has 154 valence electrons. The summed E-state index contributed by atoms with van der Waals surface area (Å²) in [6.45, 7) is 5.69. The van der Waals surface area contributed by atoms with Crippen LogP contribution in [0.4, 0.5) is 5.69 Å². The second kappa shape index (κ2) is 9.25. The zero-order valence-corrected chi connectivity index (χ0v) is 17.8. The molecule has 8 heteroatoms. The minimum absolute atomic E-state index is 0.0990. The molecule has 0 saturated carbocycles. The molecule has 1 atom stereocenters. The number of hydrogen-bond donors (Lipinski definition) is 0. The molecule has 3 aromatic rings. The van der Waals surface area contributed by atoms with Gasteiger partial charge in [-0.05, 0) is 42.6 Å². The monoisotopic (exact) mass is 440 g/mol. The number of nitro groups is 1. The van der Waals surface area contributed by atoms with E-state index in [1.807, 2.05) is 13.0 Å². The highest BCUT2D eigenvalue weighted by Gasteiger charge is 2.34. The van der Waals surface area contributed by atoms with Gasteiger partial charge in [-0.15, -0.1) is 10.3 Å². The fourth-order valence-electron chi connectivity index (χ4n) is 2.85. The van der Waals surface area contributed by atoms with Crippen molar-refractivity contribution in [3.05, 3.63) is 113 Å². The summed E-state index contributed by atoms with van der Waals surface area (Å²) in [6, 6.07) is 20.9. The van der Waals surface area contributed by atoms with Crippen LogP contribution in [0, 0.1) is 17.0 Å². The average molecular weight is 441 g/mol. The van der Waals surface area contributed by atoms with Crippen LogP contribution >= 0.6 is 11.9 Å². The van der Waals surface area contributed by atoms with E-state index >= 15 is 0 Å². The molecule has 0 bridgehead atoms. The Labute approximate surface area is 180 Å². The zero-order chi connectivity index (χ0) is 21.7. The van der Waals surface area contributed by atoms with E-state index in [-0.39, 0.29) is 15.5 Å². The Morgan fingerprint density at radius 1 is 1.00 bits per heavy atom. The Balaban J connectivity index is 2.15. The van der Waals surface area contributed by atoms with Crippen LogP contribution in [0.2, 0.25) is 0 Å². The van der Waals surface area contributed by atoms with E-state index in [2.05, 4.69) is 6.58 Å². The largest absolute Gasteiger partial charge is 0.284 e. The Morgan fingerprint density at radius 3 is 2.20 bits per heavy atom. The van der Waals surface area contributed by atoms with E-state index in [0.29, 0.717) is 5.56 Å². The van der Waals surface area contributed by atoms with Crippen LogP contribution in [0.15, 0.2) is 101 Å². The second-order valence-corrected chi connectivity index (χ2v) is 9.54. The highest BCUT2D eigenvalue weighted by molar-refractivity contribution is 8.08. The third-order valence-corrected chi connectivity index (χ3v) is 7.73. The van der Waals surface area contributed by atoms with Crippen molar-refractivity contribution in [1.82, 2.24) is 3.71 Å². The molecule has 3 aromatic carbocycles. The molecule has 0 aliphatic carbocycles. The number of nitro benzene ring substituents is 1. The molecule has 0 aliphatic heterocycles. The Morgan fingerprint density at radius 2 is 1.60 bits per heavy atom. The smallest absolute Gasteiger partial charge is 0.258 e. The molecule has 0 amide bonds. The van der Waals surface area contributed by atoms with Gasteiger partial charge in [-0.25, -0.2) is 8.42 Å². The van der Waals surface area contributed by atoms with Gasteiger partial charge in [0.15, 0.2) is 0 Å². The lowest BCUT2D eigenvalue weighted by Crippen LogP contribution is -2.28. The lowest BCUT2D eigenvalue weighted by atomic mass is 10.1. The number of hydrogen-bond acceptors (Lipinski definition) is 5. The van der Waals surface area contributed by atoms with Crippen molar-refractivity contribution in [2.45, 2.75) is 22.8 Å². The Kier molecular flexibility index (Phi) is 6.71. The molecular weight excluding hydrogens is 420 g/mol. The predicted molar refractivity (Wildman–Crippen MR) is 119 cm³/mol. The Hall–Kier alpha value is -2.94. The van der Waals surface area contributed by atoms with Gasteiger partial charge in [0.1, 0.15) is 4.90 Å². The topological polar surface area (TPSA) is 80.5 Å². The molecule has 0 radical (unpaired) electrons. The lowest BCUT2D eigenvalue weighted by Gasteiger charge is -2.28. The maximum absolute atomic E-state index is 13.6. The molecule has 0 aliphatic rings. The SMILES string of the molecule is C=CC(c1ccccc1)N(Sc1ccccc1[N+](=O)[O-])S(=O)(=O)c1ccc(C)cc1. The molecule has 1 unspecified atom stereocenters. The van der Waals surface area contributed by atoms with Crippen molar-refractivity contribution in [2.24, 2.45) is 0 Å². The third-order valence-electron chi connectivity index (χ3n) is 4.40. The summed E-state index contributed by atoms with van der Waals surface area (Å²) in [5.41, 5.74) is 1.46. The van der Waals surface area contributed by atoms with Gasteiger partial charge in [-0.2, -0.15) is 0 Å². The molecule has 0 N–H and O–H groups in total. The second-order valence-electron chi connectivity index (χ2n) is 6.48. The predicted octanol–water partition coefficient (Wildman–Crippen LogP) is 5.53. The van der Waals surface area contributed by atoms with Gasteiger partial charge >= 0.3 is 0 Å². The number of benzene rings is 3. The minimum Gasteiger partial charge on any atom is -0.258 e. The summed E-state index contributed by atoms with van der Waals surface area (Å²) in [6.07, 6.45) is 1.52. The van der Waals surface area contributed by atoms with Gasteiger partial charge in [-0.3, -0.25) is 10.1 Å². The van der Waals surface area contributed by atoms with Gasteiger partial charge in [0, 0.05) is 6.07 Å². The van der Waals surface area contributed by atoms with Gasteiger partial charge in [0.25, 0.3) is 15.7 Å². The number of aryl methyl sites for hydroxylation is 1.